The Balaban J connectivity index is 1.33. The van der Waals surface area contributed by atoms with Crippen molar-refractivity contribution in [3.05, 3.63) is 143 Å². The van der Waals surface area contributed by atoms with E-state index in [4.69, 9.17) is 0 Å². The Hall–Kier alpha value is -3.05. The van der Waals surface area contributed by atoms with Gasteiger partial charge in [-0.1, -0.05) is 35.5 Å². The van der Waals surface area contributed by atoms with Crippen LogP contribution in [0.3, 0.4) is 0 Å². The molecule has 0 fully saturated rings. The minimum Gasteiger partial charge on any atom is -0.311 e. The molecular weight excluding hydrogens is 915 g/mol. The fraction of sp³-hybridized carbons (Fsp3) is 0.176. The lowest BCUT2D eigenvalue weighted by Gasteiger charge is -2.25. The van der Waals surface area contributed by atoms with Crippen molar-refractivity contribution in [2.24, 2.45) is 0 Å². The maximum absolute atomic E-state index is 3.44. The first-order valence-electron chi connectivity index (χ1n) is 18.9. The van der Waals surface area contributed by atoms with Crippen LogP contribution in [0.15, 0.2) is 153 Å². The summed E-state index contributed by atoms with van der Waals surface area (Å²) < 4.78 is 0. The van der Waals surface area contributed by atoms with Gasteiger partial charge >= 0.3 is 0 Å². The third-order valence-electron chi connectivity index (χ3n) is 9.42. The largest absolute Gasteiger partial charge is 0.311 e. The van der Waals surface area contributed by atoms with Crippen molar-refractivity contribution in [1.82, 2.24) is 0 Å². The SMILES string of the molecule is CSc1cc(C#Cc2ccc(N(c3ccc(C#Cc4cc(SC)c(SC)c(SC)c4)cc3)c3ccc(C#Cc4cc(SC)c(SC)c(SC)c4)cc3)cc2)cc(SC)c1SC. The Labute approximate surface area is 402 Å². The summed E-state index contributed by atoms with van der Waals surface area (Å²) in [6.45, 7) is 0. The molecule has 10 heteroatoms. The number of hydrogen-bond donors (Lipinski definition) is 0. The molecule has 0 spiro atoms. The van der Waals surface area contributed by atoms with Crippen LogP contribution in [0.4, 0.5) is 17.1 Å². The van der Waals surface area contributed by atoms with E-state index in [9.17, 15) is 0 Å². The quantitative estimate of drug-likeness (QED) is 0.0858. The highest BCUT2D eigenvalue weighted by atomic mass is 32.2. The van der Waals surface area contributed by atoms with Crippen molar-refractivity contribution < 1.29 is 0 Å². The summed E-state index contributed by atoms with van der Waals surface area (Å²) in [6, 6.07) is 38.8. The average Bonchev–Trinajstić information content (AvgIpc) is 3.31. The van der Waals surface area contributed by atoms with E-state index in [1.807, 2.05) is 0 Å². The van der Waals surface area contributed by atoms with Gasteiger partial charge < -0.3 is 4.90 Å². The normalized spacial score (nSPS) is 10.6. The van der Waals surface area contributed by atoms with Crippen molar-refractivity contribution in [3.63, 3.8) is 0 Å². The van der Waals surface area contributed by atoms with E-state index in [0.717, 1.165) is 50.4 Å². The molecule has 0 aliphatic carbocycles. The maximum atomic E-state index is 3.44. The first-order valence-corrected chi connectivity index (χ1v) is 29.9. The van der Waals surface area contributed by atoms with Crippen molar-refractivity contribution in [3.8, 4) is 35.5 Å². The van der Waals surface area contributed by atoms with E-state index in [0.29, 0.717) is 0 Å². The Morgan fingerprint density at radius 2 is 0.459 bits per heavy atom. The predicted molar refractivity (Wildman–Crippen MR) is 284 cm³/mol. The van der Waals surface area contributed by atoms with E-state index in [1.165, 1.54) is 44.1 Å². The molecule has 1 nitrogen and oxygen atoms in total. The summed E-state index contributed by atoms with van der Waals surface area (Å²) >= 11 is 16.0. The Kier molecular flexibility index (Phi) is 18.3. The molecule has 0 aromatic heterocycles. The third kappa shape index (κ3) is 12.0. The van der Waals surface area contributed by atoms with Crippen LogP contribution >= 0.6 is 106 Å². The first kappa shape index (κ1) is 47.4. The number of hydrogen-bond acceptors (Lipinski definition) is 10. The highest BCUT2D eigenvalue weighted by Crippen LogP contribution is 2.40. The van der Waals surface area contributed by atoms with Crippen molar-refractivity contribution in [2.75, 3.05) is 61.2 Å². The van der Waals surface area contributed by atoms with Gasteiger partial charge in [-0.25, -0.2) is 0 Å². The molecule has 0 saturated carbocycles. The zero-order chi connectivity index (χ0) is 43.3. The van der Waals surface area contributed by atoms with Gasteiger partial charge in [0.25, 0.3) is 0 Å². The number of rotatable bonds is 12. The minimum atomic E-state index is 0.963. The summed E-state index contributed by atoms with van der Waals surface area (Å²) in [5, 5.41) is 0. The first-order chi connectivity index (χ1) is 29.8. The fourth-order valence-electron chi connectivity index (χ4n) is 6.42. The molecule has 6 aromatic rings. The molecule has 0 aliphatic rings. The van der Waals surface area contributed by atoms with Gasteiger partial charge in [-0.2, -0.15) is 0 Å². The molecule has 0 aliphatic heterocycles. The van der Waals surface area contributed by atoms with Crippen LogP contribution in [-0.4, -0.2) is 56.3 Å². The van der Waals surface area contributed by atoms with Crippen LogP contribution in [-0.2, 0) is 0 Å². The number of thioether (sulfide) groups is 9. The Bertz CT molecular complexity index is 2300. The molecule has 0 radical (unpaired) electrons. The van der Waals surface area contributed by atoms with Gasteiger partial charge in [0.1, 0.15) is 0 Å². The van der Waals surface area contributed by atoms with Crippen LogP contribution < -0.4 is 4.90 Å². The van der Waals surface area contributed by atoms with Gasteiger partial charge in [0.2, 0.25) is 0 Å². The van der Waals surface area contributed by atoms with Crippen molar-refractivity contribution in [1.29, 1.82) is 0 Å². The number of benzene rings is 6. The number of anilines is 3. The van der Waals surface area contributed by atoms with Crippen LogP contribution in [0.1, 0.15) is 33.4 Å². The van der Waals surface area contributed by atoms with Crippen LogP contribution in [0.25, 0.3) is 0 Å². The van der Waals surface area contributed by atoms with Gasteiger partial charge in [-0.05, 0) is 165 Å². The Morgan fingerprint density at radius 1 is 0.262 bits per heavy atom. The van der Waals surface area contributed by atoms with Crippen molar-refractivity contribution in [2.45, 2.75) is 44.1 Å². The van der Waals surface area contributed by atoms with E-state index < -0.39 is 0 Å². The smallest absolute Gasteiger partial charge is 0.0462 e. The lowest BCUT2D eigenvalue weighted by molar-refractivity contribution is 1.12. The summed E-state index contributed by atoms with van der Waals surface area (Å²) in [6.07, 6.45) is 19.2. The molecule has 6 rings (SSSR count). The molecule has 0 atom stereocenters. The lowest BCUT2D eigenvalue weighted by Crippen LogP contribution is -2.10. The topological polar surface area (TPSA) is 3.24 Å². The number of nitrogens with zero attached hydrogens (tertiary/aromatic N) is 1. The van der Waals surface area contributed by atoms with Gasteiger partial charge in [0.15, 0.2) is 0 Å². The fourth-order valence-corrected chi connectivity index (χ4v) is 14.4. The second-order valence-electron chi connectivity index (χ2n) is 13.0. The lowest BCUT2D eigenvalue weighted by atomic mass is 10.1. The second kappa shape index (κ2) is 23.6. The summed E-state index contributed by atoms with van der Waals surface area (Å²) in [7, 11) is 0. The molecule has 0 unspecified atom stereocenters. The minimum absolute atomic E-state index is 0.963. The van der Waals surface area contributed by atoms with Gasteiger partial charge in [0, 0.05) is 94.5 Å². The van der Waals surface area contributed by atoms with Gasteiger partial charge in [0.05, 0.1) is 0 Å². The van der Waals surface area contributed by atoms with E-state index in [1.54, 1.807) is 106 Å². The molecule has 308 valence electrons. The maximum Gasteiger partial charge on any atom is 0.0462 e. The molecule has 61 heavy (non-hydrogen) atoms. The van der Waals surface area contributed by atoms with E-state index >= 15 is 0 Å². The van der Waals surface area contributed by atoms with Crippen molar-refractivity contribution >= 4 is 123 Å². The summed E-state index contributed by atoms with van der Waals surface area (Å²) in [5.41, 5.74) is 9.08. The zero-order valence-electron chi connectivity index (χ0n) is 35.5. The predicted octanol–water partition coefficient (Wildman–Crippen LogP) is 15.9. The molecule has 6 aromatic carbocycles. The monoisotopic (exact) mass is 959 g/mol. The van der Waals surface area contributed by atoms with Crippen LogP contribution in [0, 0.1) is 35.5 Å². The average molecular weight is 961 g/mol. The third-order valence-corrected chi connectivity index (χ3v) is 17.3. The van der Waals surface area contributed by atoms with E-state index in [-0.39, 0.29) is 0 Å². The molecular formula is C51H45NS9. The molecule has 0 N–H and O–H groups in total. The molecule has 0 heterocycles. The summed E-state index contributed by atoms with van der Waals surface area (Å²) in [5.74, 6) is 20.6. The van der Waals surface area contributed by atoms with Gasteiger partial charge in [-0.15, -0.1) is 106 Å². The standard InChI is InChI=1S/C51H45NS9/c1-53-43-28-37(29-44(54-2)49(43)59-7)13-10-34-16-22-40(23-17-34)52(41-24-18-35(19-25-41)11-14-38-30-45(55-3)50(60-8)46(31-38)56-4)42-26-20-36(21-27-42)12-15-39-32-47(57-5)51(61-9)48(33-39)58-6/h16-33H,1-9H3. The summed E-state index contributed by atoms with van der Waals surface area (Å²) in [4.78, 5) is 13.8. The van der Waals surface area contributed by atoms with E-state index in [2.05, 4.69) is 206 Å². The molecule has 0 bridgehead atoms. The van der Waals surface area contributed by atoms with Crippen LogP contribution in [0.2, 0.25) is 0 Å². The molecule has 0 amide bonds. The molecule has 0 saturated heterocycles. The highest BCUT2D eigenvalue weighted by molar-refractivity contribution is 8.04. The highest BCUT2D eigenvalue weighted by Gasteiger charge is 2.14. The second-order valence-corrected chi connectivity index (χ2v) is 20.5. The van der Waals surface area contributed by atoms with Gasteiger partial charge in [-0.3, -0.25) is 0 Å². The zero-order valence-corrected chi connectivity index (χ0v) is 42.9. The van der Waals surface area contributed by atoms with Crippen LogP contribution in [0.5, 0.6) is 0 Å². The Morgan fingerprint density at radius 3 is 0.639 bits per heavy atom.